The minimum atomic E-state index is 0.145. The molecule has 0 spiro atoms. The standard InChI is InChI=1S/C13H20N2O/c1-10(2)7-8-13(15-14)11-5-4-6-12(9-11)16-3/h4-6,9,13,15H,1,7-8,14H2,2-3H3. The van der Waals surface area contributed by atoms with Gasteiger partial charge in [0.05, 0.1) is 7.11 Å². The van der Waals surface area contributed by atoms with E-state index in [0.29, 0.717) is 0 Å². The largest absolute Gasteiger partial charge is 0.497 e. The van der Waals surface area contributed by atoms with Crippen molar-refractivity contribution in [2.75, 3.05) is 7.11 Å². The Morgan fingerprint density at radius 2 is 2.31 bits per heavy atom. The number of rotatable bonds is 6. The molecular formula is C13H20N2O. The molecule has 0 aliphatic heterocycles. The fraction of sp³-hybridized carbons (Fsp3) is 0.385. The summed E-state index contributed by atoms with van der Waals surface area (Å²) in [4.78, 5) is 0. The van der Waals surface area contributed by atoms with Crippen molar-refractivity contribution in [2.24, 2.45) is 5.84 Å². The van der Waals surface area contributed by atoms with Crippen LogP contribution in [0.3, 0.4) is 0 Å². The van der Waals surface area contributed by atoms with E-state index in [1.807, 2.05) is 31.2 Å². The van der Waals surface area contributed by atoms with Crippen LogP contribution in [-0.2, 0) is 0 Å². The molecule has 0 saturated heterocycles. The summed E-state index contributed by atoms with van der Waals surface area (Å²) in [5.74, 6) is 6.42. The topological polar surface area (TPSA) is 47.3 Å². The Hall–Kier alpha value is -1.32. The first-order valence-corrected chi connectivity index (χ1v) is 5.42. The second-order valence-electron chi connectivity index (χ2n) is 3.99. The molecule has 3 N–H and O–H groups in total. The summed E-state index contributed by atoms with van der Waals surface area (Å²) in [6.45, 7) is 5.92. The van der Waals surface area contributed by atoms with Gasteiger partial charge in [0, 0.05) is 6.04 Å². The van der Waals surface area contributed by atoms with Gasteiger partial charge in [0.25, 0.3) is 0 Å². The third-order valence-corrected chi connectivity index (χ3v) is 2.56. The van der Waals surface area contributed by atoms with Gasteiger partial charge in [-0.1, -0.05) is 17.7 Å². The lowest BCUT2D eigenvalue weighted by atomic mass is 10.0. The van der Waals surface area contributed by atoms with Crippen LogP contribution in [0.25, 0.3) is 0 Å². The van der Waals surface area contributed by atoms with Crippen LogP contribution in [0.5, 0.6) is 5.75 Å². The van der Waals surface area contributed by atoms with Gasteiger partial charge in [-0.05, 0) is 37.5 Å². The minimum absolute atomic E-state index is 0.145. The summed E-state index contributed by atoms with van der Waals surface area (Å²) in [6, 6.07) is 8.09. The van der Waals surface area contributed by atoms with Crippen LogP contribution in [0.1, 0.15) is 31.4 Å². The van der Waals surface area contributed by atoms with Gasteiger partial charge in [-0.15, -0.1) is 6.58 Å². The molecule has 1 unspecified atom stereocenters. The average Bonchev–Trinajstić information content (AvgIpc) is 2.30. The van der Waals surface area contributed by atoms with Gasteiger partial charge >= 0.3 is 0 Å². The second-order valence-corrected chi connectivity index (χ2v) is 3.99. The van der Waals surface area contributed by atoms with Crippen molar-refractivity contribution in [3.63, 3.8) is 0 Å². The average molecular weight is 220 g/mol. The van der Waals surface area contributed by atoms with Crippen molar-refractivity contribution in [2.45, 2.75) is 25.8 Å². The first kappa shape index (κ1) is 12.7. The Labute approximate surface area is 97.3 Å². The SMILES string of the molecule is C=C(C)CCC(NN)c1cccc(OC)c1. The fourth-order valence-corrected chi connectivity index (χ4v) is 1.60. The number of hydrazine groups is 1. The van der Waals surface area contributed by atoms with Gasteiger partial charge in [-0.25, -0.2) is 0 Å². The zero-order valence-corrected chi connectivity index (χ0v) is 9.99. The quantitative estimate of drug-likeness (QED) is 0.440. The Balaban J connectivity index is 2.73. The predicted molar refractivity (Wildman–Crippen MR) is 67.1 cm³/mol. The van der Waals surface area contributed by atoms with E-state index in [9.17, 15) is 0 Å². The molecule has 3 nitrogen and oxygen atoms in total. The molecular weight excluding hydrogens is 200 g/mol. The van der Waals surface area contributed by atoms with E-state index in [2.05, 4.69) is 12.0 Å². The molecule has 1 rings (SSSR count). The van der Waals surface area contributed by atoms with Crippen molar-refractivity contribution in [3.05, 3.63) is 42.0 Å². The highest BCUT2D eigenvalue weighted by Gasteiger charge is 2.09. The van der Waals surface area contributed by atoms with Gasteiger partial charge in [0.2, 0.25) is 0 Å². The molecule has 3 heteroatoms. The van der Waals surface area contributed by atoms with Crippen molar-refractivity contribution in [3.8, 4) is 5.75 Å². The number of nitrogens with two attached hydrogens (primary N) is 1. The molecule has 88 valence electrons. The summed E-state index contributed by atoms with van der Waals surface area (Å²) < 4.78 is 5.19. The van der Waals surface area contributed by atoms with Gasteiger partial charge in [-0.2, -0.15) is 0 Å². The zero-order chi connectivity index (χ0) is 12.0. The summed E-state index contributed by atoms with van der Waals surface area (Å²) in [5.41, 5.74) is 5.14. The molecule has 0 fully saturated rings. The summed E-state index contributed by atoms with van der Waals surface area (Å²) >= 11 is 0. The highest BCUT2D eigenvalue weighted by molar-refractivity contribution is 5.30. The number of allylic oxidation sites excluding steroid dienone is 1. The molecule has 0 bridgehead atoms. The highest BCUT2D eigenvalue weighted by Crippen LogP contribution is 2.23. The summed E-state index contributed by atoms with van der Waals surface area (Å²) in [7, 11) is 1.66. The molecule has 0 aliphatic rings. The number of nitrogens with one attached hydrogen (secondary N) is 1. The molecule has 0 aliphatic carbocycles. The first-order valence-electron chi connectivity index (χ1n) is 5.42. The molecule has 1 atom stereocenters. The van der Waals surface area contributed by atoms with Crippen LogP contribution < -0.4 is 16.0 Å². The van der Waals surface area contributed by atoms with E-state index in [1.54, 1.807) is 7.11 Å². The van der Waals surface area contributed by atoms with E-state index in [4.69, 9.17) is 10.6 Å². The van der Waals surface area contributed by atoms with Crippen molar-refractivity contribution in [1.82, 2.24) is 5.43 Å². The molecule has 16 heavy (non-hydrogen) atoms. The molecule has 0 amide bonds. The molecule has 0 aromatic heterocycles. The molecule has 0 radical (unpaired) electrons. The van der Waals surface area contributed by atoms with Gasteiger partial charge in [0.15, 0.2) is 0 Å². The number of benzene rings is 1. The number of hydrogen-bond acceptors (Lipinski definition) is 3. The van der Waals surface area contributed by atoms with Crippen LogP contribution in [0.2, 0.25) is 0 Å². The fourth-order valence-electron chi connectivity index (χ4n) is 1.60. The van der Waals surface area contributed by atoms with Crippen LogP contribution in [0, 0.1) is 0 Å². The predicted octanol–water partition coefficient (Wildman–Crippen LogP) is 2.56. The van der Waals surface area contributed by atoms with Gasteiger partial charge in [-0.3, -0.25) is 11.3 Å². The van der Waals surface area contributed by atoms with Gasteiger partial charge < -0.3 is 4.74 Å². The lowest BCUT2D eigenvalue weighted by Crippen LogP contribution is -2.28. The Kier molecular flexibility index (Phi) is 5.02. The maximum Gasteiger partial charge on any atom is 0.119 e. The van der Waals surface area contributed by atoms with Crippen molar-refractivity contribution in [1.29, 1.82) is 0 Å². The zero-order valence-electron chi connectivity index (χ0n) is 9.99. The number of ether oxygens (including phenoxy) is 1. The van der Waals surface area contributed by atoms with Crippen molar-refractivity contribution >= 4 is 0 Å². The van der Waals surface area contributed by atoms with Crippen molar-refractivity contribution < 1.29 is 4.74 Å². The number of methoxy groups -OCH3 is 1. The van der Waals surface area contributed by atoms with Crippen LogP contribution in [0.4, 0.5) is 0 Å². The van der Waals surface area contributed by atoms with E-state index < -0.39 is 0 Å². The monoisotopic (exact) mass is 220 g/mol. The van der Waals surface area contributed by atoms with Crippen LogP contribution >= 0.6 is 0 Å². The summed E-state index contributed by atoms with van der Waals surface area (Å²) in [6.07, 6.45) is 1.91. The molecule has 1 aromatic rings. The lowest BCUT2D eigenvalue weighted by molar-refractivity contribution is 0.412. The van der Waals surface area contributed by atoms with E-state index in [1.165, 1.54) is 5.57 Å². The molecule has 0 saturated carbocycles. The highest BCUT2D eigenvalue weighted by atomic mass is 16.5. The Morgan fingerprint density at radius 1 is 1.56 bits per heavy atom. The molecule has 0 heterocycles. The molecule has 1 aromatic carbocycles. The van der Waals surface area contributed by atoms with E-state index in [-0.39, 0.29) is 6.04 Å². The smallest absolute Gasteiger partial charge is 0.119 e. The Bertz CT molecular complexity index is 350. The lowest BCUT2D eigenvalue weighted by Gasteiger charge is -2.16. The summed E-state index contributed by atoms with van der Waals surface area (Å²) in [5, 5.41) is 0. The number of hydrogen-bond donors (Lipinski definition) is 2. The maximum absolute atomic E-state index is 5.56. The third kappa shape index (κ3) is 3.68. The first-order chi connectivity index (χ1) is 7.67. The van der Waals surface area contributed by atoms with E-state index in [0.717, 1.165) is 24.2 Å². The third-order valence-electron chi connectivity index (χ3n) is 2.56. The van der Waals surface area contributed by atoms with Crippen LogP contribution in [-0.4, -0.2) is 7.11 Å². The van der Waals surface area contributed by atoms with Gasteiger partial charge in [0.1, 0.15) is 5.75 Å². The van der Waals surface area contributed by atoms with Crippen LogP contribution in [0.15, 0.2) is 36.4 Å². The normalized spacial score (nSPS) is 12.2. The minimum Gasteiger partial charge on any atom is -0.497 e. The Morgan fingerprint density at radius 3 is 2.88 bits per heavy atom. The maximum atomic E-state index is 5.56. The second kappa shape index (κ2) is 6.30. The van der Waals surface area contributed by atoms with E-state index >= 15 is 0 Å².